The van der Waals surface area contributed by atoms with Gasteiger partial charge in [0.15, 0.2) is 0 Å². The van der Waals surface area contributed by atoms with E-state index in [2.05, 4.69) is 20.0 Å². The van der Waals surface area contributed by atoms with E-state index in [4.69, 9.17) is 5.53 Å². The van der Waals surface area contributed by atoms with Gasteiger partial charge < -0.3 is 4.98 Å². The number of hydrogen-bond acceptors (Lipinski definition) is 3. The number of H-pyrrole nitrogens is 1. The molecule has 3 rings (SSSR count). The Bertz CT molecular complexity index is 881. The largest absolute Gasteiger partial charge is 0.319 e. The Morgan fingerprint density at radius 3 is 2.57 bits per heavy atom. The number of aromatic amines is 1. The summed E-state index contributed by atoms with van der Waals surface area (Å²) < 4.78 is 0. The maximum atomic E-state index is 12.2. The van der Waals surface area contributed by atoms with E-state index in [9.17, 15) is 4.79 Å². The summed E-state index contributed by atoms with van der Waals surface area (Å²) in [5.41, 5.74) is 10.7. The number of para-hydroxylation sites is 2. The van der Waals surface area contributed by atoms with Crippen molar-refractivity contribution in [2.75, 3.05) is 0 Å². The fraction of sp³-hybridized carbons (Fsp3) is 0.0667. The molecule has 0 bridgehead atoms. The molecule has 102 valence electrons. The van der Waals surface area contributed by atoms with Crippen molar-refractivity contribution in [2.45, 2.75) is 6.04 Å². The summed E-state index contributed by atoms with van der Waals surface area (Å²) in [5.74, 6) is 0. The lowest BCUT2D eigenvalue weighted by molar-refractivity contribution is 0.805. The van der Waals surface area contributed by atoms with Gasteiger partial charge in [-0.15, -0.1) is 0 Å². The Hall–Kier alpha value is -3.11. The fourth-order valence-corrected chi connectivity index (χ4v) is 2.20. The molecule has 0 aliphatic rings. The van der Waals surface area contributed by atoms with Gasteiger partial charge >= 0.3 is 0 Å². The van der Waals surface area contributed by atoms with Crippen molar-refractivity contribution in [2.24, 2.45) is 5.11 Å². The number of hydrogen-bond donors (Lipinski definition) is 1. The number of nitrogens with one attached hydrogen (secondary N) is 1. The number of nitrogens with zero attached hydrogens (tertiary/aromatic N) is 4. The second-order valence-electron chi connectivity index (χ2n) is 4.49. The second kappa shape index (κ2) is 5.48. The molecule has 21 heavy (non-hydrogen) atoms. The van der Waals surface area contributed by atoms with Crippen LogP contribution in [0.1, 0.15) is 17.3 Å². The summed E-state index contributed by atoms with van der Waals surface area (Å²) in [4.78, 5) is 22.2. The van der Waals surface area contributed by atoms with Crippen LogP contribution in [0.4, 0.5) is 0 Å². The summed E-state index contributed by atoms with van der Waals surface area (Å²) in [6.45, 7) is 0. The second-order valence-corrected chi connectivity index (χ2v) is 4.49. The van der Waals surface area contributed by atoms with E-state index < -0.39 is 6.04 Å². The monoisotopic (exact) mass is 277 g/mol. The predicted molar refractivity (Wildman–Crippen MR) is 79.8 cm³/mol. The molecule has 3 aromatic rings. The molecule has 1 atom stereocenters. The van der Waals surface area contributed by atoms with Crippen molar-refractivity contribution in [3.8, 4) is 0 Å². The molecule has 0 aliphatic carbocycles. The zero-order valence-electron chi connectivity index (χ0n) is 11.0. The molecule has 1 N–H and O–H groups in total. The first kappa shape index (κ1) is 12.9. The van der Waals surface area contributed by atoms with Crippen molar-refractivity contribution in [1.29, 1.82) is 0 Å². The molecule has 6 heteroatoms. The Morgan fingerprint density at radius 1 is 1.10 bits per heavy atom. The van der Waals surface area contributed by atoms with E-state index in [-0.39, 0.29) is 11.3 Å². The Morgan fingerprint density at radius 2 is 1.81 bits per heavy atom. The molecule has 0 amide bonds. The highest BCUT2D eigenvalue weighted by molar-refractivity contribution is 5.73. The molecule has 0 fully saturated rings. The van der Waals surface area contributed by atoms with Gasteiger partial charge in [-0.3, -0.25) is 4.79 Å². The molecule has 6 nitrogen and oxygen atoms in total. The molecular formula is C15H11N5O. The third-order valence-corrected chi connectivity index (χ3v) is 3.17. The maximum Gasteiger partial charge on any atom is 0.270 e. The SMILES string of the molecule is [N-]=[N+]=N[C@@H](c1ccccc1)c1nc2ccccc2[nH]c1=O. The van der Waals surface area contributed by atoms with E-state index >= 15 is 0 Å². The number of aromatic nitrogens is 2. The predicted octanol–water partition coefficient (Wildman–Crippen LogP) is 3.32. The van der Waals surface area contributed by atoms with Gasteiger partial charge in [0, 0.05) is 4.91 Å². The molecule has 2 aromatic carbocycles. The third kappa shape index (κ3) is 2.48. The first-order chi connectivity index (χ1) is 10.3. The van der Waals surface area contributed by atoms with Gasteiger partial charge in [-0.05, 0) is 23.2 Å². The number of azide groups is 1. The number of benzene rings is 2. The van der Waals surface area contributed by atoms with Crippen LogP contribution in [0.5, 0.6) is 0 Å². The summed E-state index contributed by atoms with van der Waals surface area (Å²) in [6, 6.07) is 15.6. The zero-order chi connectivity index (χ0) is 14.7. The molecule has 0 saturated heterocycles. The van der Waals surface area contributed by atoms with Gasteiger partial charge in [0.05, 0.1) is 11.0 Å². The van der Waals surface area contributed by atoms with Crippen LogP contribution in [0.3, 0.4) is 0 Å². The van der Waals surface area contributed by atoms with Crippen LogP contribution in [0.2, 0.25) is 0 Å². The highest BCUT2D eigenvalue weighted by Gasteiger charge is 2.18. The third-order valence-electron chi connectivity index (χ3n) is 3.17. The minimum atomic E-state index is -0.746. The van der Waals surface area contributed by atoms with Gasteiger partial charge in [-0.2, -0.15) is 0 Å². The first-order valence-corrected chi connectivity index (χ1v) is 6.37. The van der Waals surface area contributed by atoms with Crippen LogP contribution in [0.25, 0.3) is 21.5 Å². The fourth-order valence-electron chi connectivity index (χ4n) is 2.20. The van der Waals surface area contributed by atoms with Crippen LogP contribution in [0.15, 0.2) is 64.5 Å². The van der Waals surface area contributed by atoms with Gasteiger partial charge in [-0.25, -0.2) is 4.98 Å². The average molecular weight is 277 g/mol. The topological polar surface area (TPSA) is 94.5 Å². The normalized spacial score (nSPS) is 11.8. The Balaban J connectivity index is 2.22. The molecule has 1 aromatic heterocycles. The van der Waals surface area contributed by atoms with Crippen molar-refractivity contribution in [3.05, 3.63) is 86.7 Å². The molecule has 0 radical (unpaired) electrons. The summed E-state index contributed by atoms with van der Waals surface area (Å²) >= 11 is 0. The Kier molecular flexibility index (Phi) is 3.37. The average Bonchev–Trinajstić information content (AvgIpc) is 2.53. The van der Waals surface area contributed by atoms with Crippen LogP contribution >= 0.6 is 0 Å². The van der Waals surface area contributed by atoms with Gasteiger partial charge in [0.1, 0.15) is 11.7 Å². The van der Waals surface area contributed by atoms with Crippen molar-refractivity contribution in [1.82, 2.24) is 9.97 Å². The molecule has 0 unspecified atom stereocenters. The van der Waals surface area contributed by atoms with Crippen molar-refractivity contribution in [3.63, 3.8) is 0 Å². The standard InChI is InChI=1S/C15H11N5O/c16-20-19-13(10-6-2-1-3-7-10)14-15(21)18-12-9-5-4-8-11(12)17-14/h1-9,13H,(H,18,21)/t13-/m0/s1. The minimum Gasteiger partial charge on any atom is -0.319 e. The van der Waals surface area contributed by atoms with Crippen LogP contribution < -0.4 is 5.56 Å². The zero-order valence-corrected chi connectivity index (χ0v) is 11.0. The number of fused-ring (bicyclic) bond motifs is 1. The lowest BCUT2D eigenvalue weighted by Crippen LogP contribution is -2.18. The van der Waals surface area contributed by atoms with E-state index in [1.165, 1.54) is 0 Å². The Labute approximate surface area is 119 Å². The van der Waals surface area contributed by atoms with E-state index in [1.807, 2.05) is 30.3 Å². The summed E-state index contributed by atoms with van der Waals surface area (Å²) in [6.07, 6.45) is 0. The lowest BCUT2D eigenvalue weighted by Gasteiger charge is -2.10. The maximum absolute atomic E-state index is 12.2. The minimum absolute atomic E-state index is 0.192. The van der Waals surface area contributed by atoms with Crippen LogP contribution in [0, 0.1) is 0 Å². The molecule has 1 heterocycles. The quantitative estimate of drug-likeness (QED) is 0.451. The highest BCUT2D eigenvalue weighted by Crippen LogP contribution is 2.23. The lowest BCUT2D eigenvalue weighted by atomic mass is 10.0. The van der Waals surface area contributed by atoms with Gasteiger partial charge in [0.2, 0.25) is 0 Å². The molecule has 0 saturated carbocycles. The molecule has 0 spiro atoms. The van der Waals surface area contributed by atoms with Crippen molar-refractivity contribution >= 4 is 11.0 Å². The van der Waals surface area contributed by atoms with E-state index in [1.54, 1.807) is 24.3 Å². The van der Waals surface area contributed by atoms with Crippen LogP contribution in [-0.4, -0.2) is 9.97 Å². The number of rotatable bonds is 3. The van der Waals surface area contributed by atoms with Gasteiger partial charge in [-0.1, -0.05) is 47.6 Å². The molecular weight excluding hydrogens is 266 g/mol. The highest BCUT2D eigenvalue weighted by atomic mass is 16.1. The van der Waals surface area contributed by atoms with E-state index in [0.717, 1.165) is 5.56 Å². The molecule has 0 aliphatic heterocycles. The van der Waals surface area contributed by atoms with E-state index in [0.29, 0.717) is 11.0 Å². The van der Waals surface area contributed by atoms with Crippen LogP contribution in [-0.2, 0) is 0 Å². The van der Waals surface area contributed by atoms with Gasteiger partial charge in [0.25, 0.3) is 5.56 Å². The summed E-state index contributed by atoms with van der Waals surface area (Å²) in [7, 11) is 0. The van der Waals surface area contributed by atoms with Crippen molar-refractivity contribution < 1.29 is 0 Å². The summed E-state index contributed by atoms with van der Waals surface area (Å²) in [5, 5.41) is 3.73. The first-order valence-electron chi connectivity index (χ1n) is 6.37. The smallest absolute Gasteiger partial charge is 0.270 e.